The highest BCUT2D eigenvalue weighted by atomic mass is 16.4. The number of para-hydroxylation sites is 1. The number of aliphatic carboxylic acids is 1. The summed E-state index contributed by atoms with van der Waals surface area (Å²) in [6.07, 6.45) is 2.23. The summed E-state index contributed by atoms with van der Waals surface area (Å²) in [5.74, 6) is 0.196. The first-order valence-electron chi connectivity index (χ1n) is 7.11. The van der Waals surface area contributed by atoms with Crippen LogP contribution in [-0.2, 0) is 4.79 Å². The Labute approximate surface area is 118 Å². The first kappa shape index (κ1) is 13.2. The number of hydrogen-bond acceptors (Lipinski definition) is 3. The molecular formula is C16H19NO3. The van der Waals surface area contributed by atoms with Crippen molar-refractivity contribution in [2.24, 2.45) is 0 Å². The Balaban J connectivity index is 1.83. The van der Waals surface area contributed by atoms with E-state index in [0.29, 0.717) is 0 Å². The van der Waals surface area contributed by atoms with Crippen molar-refractivity contribution in [3.05, 3.63) is 36.1 Å². The molecule has 0 aliphatic carbocycles. The molecule has 1 fully saturated rings. The molecule has 0 amide bonds. The van der Waals surface area contributed by atoms with Gasteiger partial charge in [-0.25, -0.2) is 0 Å². The molecular weight excluding hydrogens is 254 g/mol. The topological polar surface area (TPSA) is 53.7 Å². The minimum Gasteiger partial charge on any atom is -0.481 e. The van der Waals surface area contributed by atoms with Crippen LogP contribution in [0.3, 0.4) is 0 Å². The van der Waals surface area contributed by atoms with Gasteiger partial charge in [-0.15, -0.1) is 0 Å². The molecule has 1 aromatic carbocycles. The zero-order valence-corrected chi connectivity index (χ0v) is 11.6. The Kier molecular flexibility index (Phi) is 3.49. The fourth-order valence-electron chi connectivity index (χ4n) is 3.16. The summed E-state index contributed by atoms with van der Waals surface area (Å²) >= 11 is 0. The van der Waals surface area contributed by atoms with Gasteiger partial charge in [-0.2, -0.15) is 0 Å². The van der Waals surface area contributed by atoms with Gasteiger partial charge in [-0.1, -0.05) is 18.2 Å². The molecule has 1 saturated heterocycles. The minimum atomic E-state index is -0.723. The monoisotopic (exact) mass is 273 g/mol. The van der Waals surface area contributed by atoms with E-state index in [1.54, 1.807) is 0 Å². The Morgan fingerprint density at radius 3 is 3.05 bits per heavy atom. The lowest BCUT2D eigenvalue weighted by atomic mass is 10.1. The summed E-state index contributed by atoms with van der Waals surface area (Å²) in [4.78, 5) is 13.2. The highest BCUT2D eigenvalue weighted by Gasteiger charge is 2.32. The first-order chi connectivity index (χ1) is 9.65. The fourth-order valence-corrected chi connectivity index (χ4v) is 3.16. The minimum absolute atomic E-state index is 0.120. The van der Waals surface area contributed by atoms with Gasteiger partial charge in [-0.05, 0) is 38.4 Å². The molecule has 3 rings (SSSR count). The third-order valence-electron chi connectivity index (χ3n) is 4.19. The van der Waals surface area contributed by atoms with Crippen molar-refractivity contribution in [2.75, 3.05) is 6.54 Å². The zero-order chi connectivity index (χ0) is 14.1. The summed E-state index contributed by atoms with van der Waals surface area (Å²) in [7, 11) is 0. The molecule has 2 unspecified atom stereocenters. The summed E-state index contributed by atoms with van der Waals surface area (Å²) in [6.45, 7) is 3.04. The Morgan fingerprint density at radius 1 is 1.50 bits per heavy atom. The number of carbonyl (C=O) groups is 1. The van der Waals surface area contributed by atoms with Gasteiger partial charge in [0, 0.05) is 11.4 Å². The number of carboxylic acids is 1. The predicted octanol–water partition coefficient (Wildman–Crippen LogP) is 3.43. The molecule has 106 valence electrons. The predicted molar refractivity (Wildman–Crippen MR) is 76.6 cm³/mol. The normalized spacial score (nSPS) is 21.4. The number of likely N-dealkylation sites (tertiary alicyclic amines) is 1. The lowest BCUT2D eigenvalue weighted by Gasteiger charge is -2.28. The van der Waals surface area contributed by atoms with Crippen LogP contribution in [-0.4, -0.2) is 28.6 Å². The van der Waals surface area contributed by atoms with Crippen molar-refractivity contribution < 1.29 is 14.3 Å². The highest BCUT2D eigenvalue weighted by molar-refractivity contribution is 5.77. The van der Waals surface area contributed by atoms with Gasteiger partial charge in [0.2, 0.25) is 0 Å². The van der Waals surface area contributed by atoms with Crippen LogP contribution in [0.1, 0.15) is 38.0 Å². The van der Waals surface area contributed by atoms with Crippen molar-refractivity contribution in [1.82, 2.24) is 4.90 Å². The van der Waals surface area contributed by atoms with Crippen LogP contribution in [0.5, 0.6) is 0 Å². The van der Waals surface area contributed by atoms with Crippen molar-refractivity contribution >= 4 is 16.9 Å². The average molecular weight is 273 g/mol. The van der Waals surface area contributed by atoms with Crippen LogP contribution in [0.25, 0.3) is 11.0 Å². The first-order valence-corrected chi connectivity index (χ1v) is 7.11. The van der Waals surface area contributed by atoms with Crippen molar-refractivity contribution in [1.29, 1.82) is 0 Å². The lowest BCUT2D eigenvalue weighted by Crippen LogP contribution is -2.33. The largest absolute Gasteiger partial charge is 0.481 e. The Bertz CT molecular complexity index is 586. The molecule has 1 aliphatic rings. The van der Waals surface area contributed by atoms with E-state index in [4.69, 9.17) is 9.52 Å². The van der Waals surface area contributed by atoms with Gasteiger partial charge in [-0.3, -0.25) is 9.69 Å². The standard InChI is InChI=1S/C16H19NO3/c1-11(17-8-4-6-13(17)10-16(18)19)15-9-12-5-2-3-7-14(12)20-15/h2-3,5,7,9,11,13H,4,6,8,10H2,1H3,(H,18,19). The summed E-state index contributed by atoms with van der Waals surface area (Å²) < 4.78 is 5.91. The van der Waals surface area contributed by atoms with E-state index in [0.717, 1.165) is 36.1 Å². The van der Waals surface area contributed by atoms with Gasteiger partial charge in [0.15, 0.2) is 0 Å². The smallest absolute Gasteiger partial charge is 0.304 e. The number of carboxylic acid groups (broad SMARTS) is 1. The van der Waals surface area contributed by atoms with Gasteiger partial charge in [0.05, 0.1) is 12.5 Å². The van der Waals surface area contributed by atoms with Crippen molar-refractivity contribution in [3.63, 3.8) is 0 Å². The number of furan rings is 1. The molecule has 1 aromatic heterocycles. The third-order valence-corrected chi connectivity index (χ3v) is 4.19. The Hall–Kier alpha value is -1.81. The molecule has 2 heterocycles. The van der Waals surface area contributed by atoms with Crippen LogP contribution in [0, 0.1) is 0 Å². The number of benzene rings is 1. The summed E-state index contributed by atoms with van der Waals surface area (Å²) in [5, 5.41) is 10.1. The second kappa shape index (κ2) is 5.29. The van der Waals surface area contributed by atoms with E-state index in [2.05, 4.69) is 17.9 Å². The number of rotatable bonds is 4. The maximum atomic E-state index is 11.0. The third kappa shape index (κ3) is 2.43. The zero-order valence-electron chi connectivity index (χ0n) is 11.6. The van der Waals surface area contributed by atoms with E-state index in [-0.39, 0.29) is 18.5 Å². The van der Waals surface area contributed by atoms with Crippen molar-refractivity contribution in [2.45, 2.75) is 38.3 Å². The molecule has 4 heteroatoms. The average Bonchev–Trinajstić information content (AvgIpc) is 3.03. The van der Waals surface area contributed by atoms with E-state index < -0.39 is 5.97 Å². The van der Waals surface area contributed by atoms with E-state index in [9.17, 15) is 4.79 Å². The molecule has 1 aliphatic heterocycles. The number of fused-ring (bicyclic) bond motifs is 1. The summed E-state index contributed by atoms with van der Waals surface area (Å²) in [5.41, 5.74) is 0.892. The molecule has 0 radical (unpaired) electrons. The van der Waals surface area contributed by atoms with Crippen LogP contribution in [0.2, 0.25) is 0 Å². The second-order valence-electron chi connectivity index (χ2n) is 5.49. The Morgan fingerprint density at radius 2 is 2.30 bits per heavy atom. The van der Waals surface area contributed by atoms with Gasteiger partial charge < -0.3 is 9.52 Å². The maximum absolute atomic E-state index is 11.0. The summed E-state index contributed by atoms with van der Waals surface area (Å²) in [6, 6.07) is 10.3. The molecule has 0 bridgehead atoms. The van der Waals surface area contributed by atoms with Crippen LogP contribution in [0.4, 0.5) is 0 Å². The maximum Gasteiger partial charge on any atom is 0.304 e. The molecule has 4 nitrogen and oxygen atoms in total. The fraction of sp³-hybridized carbons (Fsp3) is 0.438. The van der Waals surface area contributed by atoms with Gasteiger partial charge >= 0.3 is 5.97 Å². The molecule has 2 atom stereocenters. The van der Waals surface area contributed by atoms with E-state index >= 15 is 0 Å². The highest BCUT2D eigenvalue weighted by Crippen LogP contribution is 2.33. The SMILES string of the molecule is CC(c1cc2ccccc2o1)N1CCCC1CC(=O)O. The van der Waals surface area contributed by atoms with Crippen LogP contribution < -0.4 is 0 Å². The van der Waals surface area contributed by atoms with E-state index in [1.807, 2.05) is 24.3 Å². The number of hydrogen-bond donors (Lipinski definition) is 1. The van der Waals surface area contributed by atoms with Crippen LogP contribution >= 0.6 is 0 Å². The molecule has 0 saturated carbocycles. The molecule has 0 spiro atoms. The van der Waals surface area contributed by atoms with E-state index in [1.165, 1.54) is 0 Å². The second-order valence-corrected chi connectivity index (χ2v) is 5.49. The van der Waals surface area contributed by atoms with Gasteiger partial charge in [0.1, 0.15) is 11.3 Å². The molecule has 20 heavy (non-hydrogen) atoms. The quantitative estimate of drug-likeness (QED) is 0.927. The van der Waals surface area contributed by atoms with Gasteiger partial charge in [0.25, 0.3) is 0 Å². The van der Waals surface area contributed by atoms with Crippen molar-refractivity contribution in [3.8, 4) is 0 Å². The lowest BCUT2D eigenvalue weighted by molar-refractivity contribution is -0.138. The van der Waals surface area contributed by atoms with Crippen LogP contribution in [0.15, 0.2) is 34.7 Å². The molecule has 2 aromatic rings. The number of nitrogens with zero attached hydrogens (tertiary/aromatic N) is 1. The molecule has 1 N–H and O–H groups in total.